The zero-order valence-electron chi connectivity index (χ0n) is 9.67. The van der Waals surface area contributed by atoms with E-state index in [4.69, 9.17) is 4.74 Å². The third-order valence-corrected chi connectivity index (χ3v) is 2.26. The monoisotopic (exact) mass is 227 g/mol. The van der Waals surface area contributed by atoms with Gasteiger partial charge in [-0.2, -0.15) is 0 Å². The summed E-state index contributed by atoms with van der Waals surface area (Å²) in [5.41, 5.74) is 2.32. The van der Waals surface area contributed by atoms with Gasteiger partial charge in [0, 0.05) is 5.56 Å². The number of carbonyl (C=O) groups excluding carboxylic acids is 1. The molecule has 3 nitrogen and oxygen atoms in total. The van der Waals surface area contributed by atoms with E-state index in [-0.39, 0.29) is 5.91 Å². The Balaban J connectivity index is 2.33. The first-order valence-electron chi connectivity index (χ1n) is 5.39. The Bertz CT molecular complexity index is 535. The Morgan fingerprint density at radius 3 is 3.12 bits per heavy atom. The van der Waals surface area contributed by atoms with E-state index in [1.165, 1.54) is 0 Å². The van der Waals surface area contributed by atoms with Crippen LogP contribution in [0.4, 0.5) is 5.69 Å². The second-order valence-corrected chi connectivity index (χ2v) is 3.89. The largest absolute Gasteiger partial charge is 0.491 e. The summed E-state index contributed by atoms with van der Waals surface area (Å²) in [6.07, 6.45) is 0.376. The minimum atomic E-state index is -0.0336. The fourth-order valence-corrected chi connectivity index (χ4v) is 1.48. The highest BCUT2D eigenvalue weighted by Crippen LogP contribution is 2.27. The Labute approximate surface area is 100 Å². The molecule has 1 aromatic carbocycles. The minimum absolute atomic E-state index is 0.0336. The molecule has 1 N–H and O–H groups in total. The Morgan fingerprint density at radius 2 is 2.35 bits per heavy atom. The molecule has 1 heterocycles. The smallest absolute Gasteiger partial charge is 0.227 e. The molecule has 0 fully saturated rings. The number of anilines is 1. The normalized spacial score (nSPS) is 13.4. The molecule has 1 amide bonds. The SMILES string of the molecule is C=C(C)C#Cc1ccc2c(c1)NC(=O)CCO2. The summed E-state index contributed by atoms with van der Waals surface area (Å²) in [4.78, 5) is 11.4. The van der Waals surface area contributed by atoms with E-state index in [1.54, 1.807) is 0 Å². The molecule has 3 heteroatoms. The van der Waals surface area contributed by atoms with Crippen molar-refractivity contribution in [3.05, 3.63) is 35.9 Å². The second-order valence-electron chi connectivity index (χ2n) is 3.89. The molecule has 0 spiro atoms. The molecular weight excluding hydrogens is 214 g/mol. The van der Waals surface area contributed by atoms with Crippen molar-refractivity contribution in [2.75, 3.05) is 11.9 Å². The van der Waals surface area contributed by atoms with Crippen LogP contribution in [-0.4, -0.2) is 12.5 Å². The Hall–Kier alpha value is -2.21. The van der Waals surface area contributed by atoms with Crippen LogP contribution >= 0.6 is 0 Å². The van der Waals surface area contributed by atoms with E-state index in [2.05, 4.69) is 23.7 Å². The predicted molar refractivity (Wildman–Crippen MR) is 66.9 cm³/mol. The zero-order chi connectivity index (χ0) is 12.3. The topological polar surface area (TPSA) is 38.3 Å². The summed E-state index contributed by atoms with van der Waals surface area (Å²) < 4.78 is 5.45. The van der Waals surface area contributed by atoms with Crippen molar-refractivity contribution in [1.29, 1.82) is 0 Å². The van der Waals surface area contributed by atoms with E-state index in [0.717, 1.165) is 11.1 Å². The maximum absolute atomic E-state index is 11.4. The molecule has 17 heavy (non-hydrogen) atoms. The van der Waals surface area contributed by atoms with Gasteiger partial charge in [-0.15, -0.1) is 0 Å². The van der Waals surface area contributed by atoms with Crippen LogP contribution < -0.4 is 10.1 Å². The molecule has 1 aliphatic rings. The Kier molecular flexibility index (Phi) is 3.15. The standard InChI is InChI=1S/C14H13NO2/c1-10(2)3-4-11-5-6-13-12(9-11)15-14(16)7-8-17-13/h5-6,9H,1,7-8H2,2H3,(H,15,16). The average Bonchev–Trinajstić information content (AvgIpc) is 2.46. The molecule has 0 unspecified atom stereocenters. The lowest BCUT2D eigenvalue weighted by Gasteiger charge is -2.06. The molecule has 86 valence electrons. The molecule has 0 radical (unpaired) electrons. The molecule has 0 saturated heterocycles. The second kappa shape index (κ2) is 4.75. The quantitative estimate of drug-likeness (QED) is 0.691. The van der Waals surface area contributed by atoms with Crippen molar-refractivity contribution in [1.82, 2.24) is 0 Å². The minimum Gasteiger partial charge on any atom is -0.491 e. The Morgan fingerprint density at radius 1 is 1.53 bits per heavy atom. The van der Waals surface area contributed by atoms with Gasteiger partial charge in [-0.05, 0) is 30.7 Å². The van der Waals surface area contributed by atoms with Gasteiger partial charge in [-0.1, -0.05) is 18.4 Å². The fraction of sp³-hybridized carbons (Fsp3) is 0.214. The summed E-state index contributed by atoms with van der Waals surface area (Å²) in [6.45, 7) is 5.98. The lowest BCUT2D eigenvalue weighted by atomic mass is 10.1. The first-order valence-corrected chi connectivity index (χ1v) is 5.39. The van der Waals surface area contributed by atoms with E-state index >= 15 is 0 Å². The molecular formula is C14H13NO2. The van der Waals surface area contributed by atoms with E-state index in [0.29, 0.717) is 24.5 Å². The van der Waals surface area contributed by atoms with Crippen LogP contribution in [0.1, 0.15) is 18.9 Å². The van der Waals surface area contributed by atoms with E-state index in [9.17, 15) is 4.79 Å². The molecule has 0 bridgehead atoms. The van der Waals surface area contributed by atoms with Crippen LogP contribution in [0, 0.1) is 11.8 Å². The molecule has 0 aromatic heterocycles. The van der Waals surface area contributed by atoms with Crippen molar-refractivity contribution in [3.63, 3.8) is 0 Å². The van der Waals surface area contributed by atoms with Crippen LogP contribution in [-0.2, 0) is 4.79 Å². The summed E-state index contributed by atoms with van der Waals surface area (Å²) >= 11 is 0. The molecule has 1 aromatic rings. The van der Waals surface area contributed by atoms with Gasteiger partial charge in [0.1, 0.15) is 5.75 Å². The van der Waals surface area contributed by atoms with Gasteiger partial charge in [0.15, 0.2) is 0 Å². The van der Waals surface area contributed by atoms with Gasteiger partial charge in [-0.25, -0.2) is 0 Å². The van der Waals surface area contributed by atoms with Gasteiger partial charge < -0.3 is 10.1 Å². The molecule has 0 aliphatic carbocycles. The van der Waals surface area contributed by atoms with Gasteiger partial charge in [0.05, 0.1) is 18.7 Å². The van der Waals surface area contributed by atoms with Crippen LogP contribution in [0.3, 0.4) is 0 Å². The van der Waals surface area contributed by atoms with Crippen molar-refractivity contribution >= 4 is 11.6 Å². The van der Waals surface area contributed by atoms with E-state index < -0.39 is 0 Å². The molecule has 0 atom stereocenters. The van der Waals surface area contributed by atoms with Crippen molar-refractivity contribution in [3.8, 4) is 17.6 Å². The number of carbonyl (C=O) groups is 1. The summed E-state index contributed by atoms with van der Waals surface area (Å²) in [5.74, 6) is 6.53. The van der Waals surface area contributed by atoms with Crippen molar-refractivity contribution in [2.45, 2.75) is 13.3 Å². The number of nitrogens with one attached hydrogen (secondary N) is 1. The first kappa shape index (κ1) is 11.3. The first-order chi connectivity index (χ1) is 8.15. The highest BCUT2D eigenvalue weighted by Gasteiger charge is 2.13. The van der Waals surface area contributed by atoms with Gasteiger partial charge in [0.2, 0.25) is 5.91 Å². The third-order valence-electron chi connectivity index (χ3n) is 2.26. The average molecular weight is 227 g/mol. The highest BCUT2D eigenvalue weighted by atomic mass is 16.5. The van der Waals surface area contributed by atoms with Crippen LogP contribution in [0.15, 0.2) is 30.4 Å². The molecule has 1 aliphatic heterocycles. The summed E-state index contributed by atoms with van der Waals surface area (Å²) in [6, 6.07) is 5.50. The lowest BCUT2D eigenvalue weighted by molar-refractivity contribution is -0.116. The summed E-state index contributed by atoms with van der Waals surface area (Å²) in [7, 11) is 0. The number of hydrogen-bond donors (Lipinski definition) is 1. The number of hydrogen-bond acceptors (Lipinski definition) is 2. The fourth-order valence-electron chi connectivity index (χ4n) is 1.48. The number of fused-ring (bicyclic) bond motifs is 1. The van der Waals surface area contributed by atoms with Crippen LogP contribution in [0.25, 0.3) is 0 Å². The van der Waals surface area contributed by atoms with Crippen molar-refractivity contribution in [2.24, 2.45) is 0 Å². The van der Waals surface area contributed by atoms with Crippen LogP contribution in [0.5, 0.6) is 5.75 Å². The number of allylic oxidation sites excluding steroid dienone is 1. The van der Waals surface area contributed by atoms with Crippen LogP contribution in [0.2, 0.25) is 0 Å². The number of amides is 1. The number of benzene rings is 1. The maximum atomic E-state index is 11.4. The maximum Gasteiger partial charge on any atom is 0.227 e. The van der Waals surface area contributed by atoms with Crippen molar-refractivity contribution < 1.29 is 9.53 Å². The van der Waals surface area contributed by atoms with Gasteiger partial charge >= 0.3 is 0 Å². The molecule has 0 saturated carbocycles. The lowest BCUT2D eigenvalue weighted by Crippen LogP contribution is -2.10. The zero-order valence-corrected chi connectivity index (χ0v) is 9.67. The number of rotatable bonds is 0. The summed E-state index contributed by atoms with van der Waals surface area (Å²) in [5, 5.41) is 2.80. The van der Waals surface area contributed by atoms with E-state index in [1.807, 2.05) is 25.1 Å². The molecule has 2 rings (SSSR count). The predicted octanol–water partition coefficient (Wildman–Crippen LogP) is 2.34. The van der Waals surface area contributed by atoms with Gasteiger partial charge in [0.25, 0.3) is 0 Å². The highest BCUT2D eigenvalue weighted by molar-refractivity contribution is 5.93. The third kappa shape index (κ3) is 2.88. The number of ether oxygens (including phenoxy) is 1. The van der Waals surface area contributed by atoms with Gasteiger partial charge in [-0.3, -0.25) is 4.79 Å².